The van der Waals surface area contributed by atoms with Crippen LogP contribution in [0, 0.1) is 33.5 Å². The highest BCUT2D eigenvalue weighted by molar-refractivity contribution is 7.97. The van der Waals surface area contributed by atoms with Gasteiger partial charge in [0.15, 0.2) is 0 Å². The van der Waals surface area contributed by atoms with Crippen LogP contribution < -0.4 is 10.6 Å². The average Bonchev–Trinajstić information content (AvgIpc) is 3.11. The maximum Gasteiger partial charge on any atom is 0.257 e. The number of nitrogens with one attached hydrogen (secondary N) is 2. The number of piperazine rings is 1. The van der Waals surface area contributed by atoms with Crippen LogP contribution in [-0.2, 0) is 16.0 Å². The molecule has 4 rings (SSSR count). The van der Waals surface area contributed by atoms with Gasteiger partial charge in [0.05, 0.1) is 12.2 Å². The molecule has 280 valence electrons. The molecule has 2 aromatic carbocycles. The Balaban J connectivity index is 0.000000464. The van der Waals surface area contributed by atoms with Crippen molar-refractivity contribution in [1.29, 1.82) is 0 Å². The lowest BCUT2D eigenvalue weighted by Crippen LogP contribution is -2.48. The van der Waals surface area contributed by atoms with Crippen LogP contribution in [0.2, 0.25) is 0 Å². The second-order valence-corrected chi connectivity index (χ2v) is 12.3. The molecule has 1 aliphatic heterocycles. The summed E-state index contributed by atoms with van der Waals surface area (Å²) in [6, 6.07) is 8.18. The van der Waals surface area contributed by atoms with Gasteiger partial charge in [0.25, 0.3) is 11.8 Å². The lowest BCUT2D eigenvalue weighted by Gasteiger charge is -2.34. The number of nitrogens with zero attached hydrogens (tertiary/aromatic N) is 4. The SMILES string of the molecule is C=CC(=O)N1CCN(CCc2ccc(C)c(F)c2)CC1.CC.COCCNC(=O)c1cc(C(=O)Nc2nc(C)ncc2C)c(C)cc1O.CSC. The predicted octanol–water partition coefficient (Wildman–Crippen LogP) is 5.75. The van der Waals surface area contributed by atoms with Crippen molar-refractivity contribution in [3.05, 3.63) is 94.2 Å². The molecule has 0 saturated carbocycles. The number of carbonyl (C=O) groups is 3. The van der Waals surface area contributed by atoms with E-state index in [4.69, 9.17) is 4.74 Å². The molecule has 1 saturated heterocycles. The molecular weight excluding hydrogens is 672 g/mol. The number of aryl methyl sites for hydroxylation is 4. The maximum absolute atomic E-state index is 13.5. The zero-order valence-corrected chi connectivity index (χ0v) is 32.4. The third kappa shape index (κ3) is 15.2. The molecule has 0 radical (unpaired) electrons. The van der Waals surface area contributed by atoms with Crippen LogP contribution in [0.4, 0.5) is 10.2 Å². The molecule has 1 aromatic heterocycles. The third-order valence-corrected chi connectivity index (χ3v) is 7.56. The summed E-state index contributed by atoms with van der Waals surface area (Å²) < 4.78 is 18.3. The Morgan fingerprint density at radius 3 is 2.22 bits per heavy atom. The molecule has 0 aliphatic carbocycles. The number of phenolic OH excluding ortho intramolecular Hbond substituents is 1. The van der Waals surface area contributed by atoms with Crippen LogP contribution in [0.15, 0.2) is 49.2 Å². The third-order valence-electron chi connectivity index (χ3n) is 7.56. The molecule has 3 N–H and O–H groups in total. The summed E-state index contributed by atoms with van der Waals surface area (Å²) >= 11 is 1.75. The van der Waals surface area contributed by atoms with Crippen LogP contribution in [0.25, 0.3) is 0 Å². The highest BCUT2D eigenvalue weighted by atomic mass is 32.2. The molecular formula is C38H55FN6O5S. The summed E-state index contributed by atoms with van der Waals surface area (Å²) in [5, 5.41) is 15.4. The van der Waals surface area contributed by atoms with Crippen LogP contribution in [0.1, 0.15) is 62.6 Å². The molecule has 0 bridgehead atoms. The van der Waals surface area contributed by atoms with Gasteiger partial charge < -0.3 is 25.4 Å². The normalized spacial score (nSPS) is 12.2. The van der Waals surface area contributed by atoms with Crippen LogP contribution in [-0.4, -0.2) is 108 Å². The van der Waals surface area contributed by atoms with Gasteiger partial charge in [-0.25, -0.2) is 14.4 Å². The molecule has 1 fully saturated rings. The number of aromatic hydroxyl groups is 1. The summed E-state index contributed by atoms with van der Waals surface area (Å²) in [6.45, 7) is 19.2. The fraction of sp³-hybridized carbons (Fsp3) is 0.447. The van der Waals surface area contributed by atoms with E-state index in [0.717, 1.165) is 50.3 Å². The molecule has 51 heavy (non-hydrogen) atoms. The number of thioether (sulfide) groups is 1. The van der Waals surface area contributed by atoms with E-state index in [1.54, 1.807) is 51.7 Å². The second kappa shape index (κ2) is 24.0. The Morgan fingerprint density at radius 1 is 0.980 bits per heavy atom. The van der Waals surface area contributed by atoms with Gasteiger partial charge in [0, 0.05) is 63.7 Å². The van der Waals surface area contributed by atoms with Crippen molar-refractivity contribution >= 4 is 35.3 Å². The van der Waals surface area contributed by atoms with Gasteiger partial charge in [0.1, 0.15) is 23.2 Å². The number of rotatable bonds is 10. The Labute approximate surface area is 307 Å². The highest BCUT2D eigenvalue weighted by Crippen LogP contribution is 2.23. The zero-order valence-electron chi connectivity index (χ0n) is 31.6. The standard InChI is InChI=1S/C18H22N4O4.C16H21FN2O.C2H6S.C2H6/c1-10-7-15(23)14(17(24)19-5-6-26-4)8-13(10)18(25)22-16-11(2)9-20-12(3)21-16;1-3-16(20)19-10-8-18(9-11-19)7-6-14-5-4-13(2)15(17)12-14;1-3-2;1-2/h7-9,23H,5-6H2,1-4H3,(H,19,24)(H,20,21,22,25);3-5,12H,1,6-11H2,2H3;1-2H3;1-2H3. The maximum atomic E-state index is 13.5. The van der Waals surface area contributed by atoms with E-state index in [9.17, 15) is 23.9 Å². The number of halogens is 1. The van der Waals surface area contributed by atoms with Gasteiger partial charge in [-0.05, 0) is 87.6 Å². The molecule has 11 nitrogen and oxygen atoms in total. The van der Waals surface area contributed by atoms with Gasteiger partial charge in [-0.15, -0.1) is 0 Å². The first kappa shape index (κ1) is 44.7. The summed E-state index contributed by atoms with van der Waals surface area (Å²) in [5.74, 6) is -0.290. The van der Waals surface area contributed by atoms with Crippen LogP contribution in [0.3, 0.4) is 0 Å². The van der Waals surface area contributed by atoms with Crippen molar-refractivity contribution in [2.45, 2.75) is 48.0 Å². The number of anilines is 1. The highest BCUT2D eigenvalue weighted by Gasteiger charge is 2.20. The lowest BCUT2D eigenvalue weighted by atomic mass is 10.0. The number of benzene rings is 2. The number of carbonyl (C=O) groups excluding carboxylic acids is 3. The van der Waals surface area contributed by atoms with E-state index in [2.05, 4.69) is 32.1 Å². The second-order valence-electron chi connectivity index (χ2n) is 11.4. The van der Waals surface area contributed by atoms with Crippen molar-refractivity contribution in [1.82, 2.24) is 25.1 Å². The van der Waals surface area contributed by atoms with Crippen molar-refractivity contribution in [3.8, 4) is 5.75 Å². The fourth-order valence-corrected chi connectivity index (χ4v) is 4.71. The van der Waals surface area contributed by atoms with Crippen LogP contribution in [0.5, 0.6) is 5.75 Å². The Kier molecular flexibility index (Phi) is 21.0. The van der Waals surface area contributed by atoms with E-state index in [-0.39, 0.29) is 28.6 Å². The number of hydrogen-bond acceptors (Lipinski definition) is 9. The van der Waals surface area contributed by atoms with E-state index in [0.29, 0.717) is 35.9 Å². The van der Waals surface area contributed by atoms with E-state index in [1.165, 1.54) is 25.3 Å². The van der Waals surface area contributed by atoms with Crippen molar-refractivity contribution in [2.24, 2.45) is 0 Å². The fourth-order valence-electron chi connectivity index (χ4n) is 4.71. The minimum Gasteiger partial charge on any atom is -0.507 e. The smallest absolute Gasteiger partial charge is 0.257 e. The monoisotopic (exact) mass is 726 g/mol. The summed E-state index contributed by atoms with van der Waals surface area (Å²) in [7, 11) is 1.52. The van der Waals surface area contributed by atoms with Gasteiger partial charge in [-0.1, -0.05) is 32.6 Å². The minimum absolute atomic E-state index is 0.00487. The quantitative estimate of drug-likeness (QED) is 0.176. The Morgan fingerprint density at radius 2 is 1.63 bits per heavy atom. The van der Waals surface area contributed by atoms with Gasteiger partial charge in [-0.2, -0.15) is 11.8 Å². The van der Waals surface area contributed by atoms with Crippen LogP contribution >= 0.6 is 11.8 Å². The molecule has 13 heteroatoms. The average molecular weight is 727 g/mol. The summed E-state index contributed by atoms with van der Waals surface area (Å²) in [5.41, 5.74) is 3.26. The molecule has 2 heterocycles. The zero-order chi connectivity index (χ0) is 38.5. The largest absolute Gasteiger partial charge is 0.507 e. The van der Waals surface area contributed by atoms with Gasteiger partial charge >= 0.3 is 0 Å². The van der Waals surface area contributed by atoms with Crippen molar-refractivity contribution in [2.75, 3.05) is 70.8 Å². The minimum atomic E-state index is -0.484. The number of hydrogen-bond donors (Lipinski definition) is 3. The van der Waals surface area contributed by atoms with E-state index in [1.807, 2.05) is 43.4 Å². The first-order chi connectivity index (χ1) is 24.3. The van der Waals surface area contributed by atoms with E-state index >= 15 is 0 Å². The first-order valence-corrected chi connectivity index (χ1v) is 18.5. The molecule has 0 unspecified atom stereocenters. The van der Waals surface area contributed by atoms with Gasteiger partial charge in [-0.3, -0.25) is 19.3 Å². The Bertz CT molecular complexity index is 1580. The summed E-state index contributed by atoms with van der Waals surface area (Å²) in [4.78, 5) is 48.7. The number of methoxy groups -OCH3 is 1. The number of aromatic nitrogens is 2. The molecule has 1 aliphatic rings. The predicted molar refractivity (Wildman–Crippen MR) is 205 cm³/mol. The first-order valence-electron chi connectivity index (χ1n) is 16.9. The summed E-state index contributed by atoms with van der Waals surface area (Å²) in [6.07, 6.45) is 7.91. The number of amides is 3. The van der Waals surface area contributed by atoms with Crippen molar-refractivity contribution in [3.63, 3.8) is 0 Å². The van der Waals surface area contributed by atoms with Gasteiger partial charge in [0.2, 0.25) is 5.91 Å². The number of ether oxygens (including phenoxy) is 1. The van der Waals surface area contributed by atoms with Crippen molar-refractivity contribution < 1.29 is 28.6 Å². The Hall–Kier alpha value is -4.33. The van der Waals surface area contributed by atoms with E-state index < -0.39 is 11.8 Å². The number of phenols is 1. The molecule has 3 aromatic rings. The molecule has 3 amide bonds. The topological polar surface area (TPSA) is 137 Å². The lowest BCUT2D eigenvalue weighted by molar-refractivity contribution is -0.127. The molecule has 0 spiro atoms. The molecule has 0 atom stereocenters.